The van der Waals surface area contributed by atoms with Crippen LogP contribution in [0.1, 0.15) is 16.7 Å². The van der Waals surface area contributed by atoms with Gasteiger partial charge in [-0.25, -0.2) is 0 Å². The van der Waals surface area contributed by atoms with Gasteiger partial charge in [0.1, 0.15) is 5.02 Å². The predicted octanol–water partition coefficient (Wildman–Crippen LogP) is 3.91. The molecule has 6 heteroatoms. The molecule has 0 saturated carbocycles. The number of nitro benzene ring substituents is 1. The smallest absolute Gasteiger partial charge is 0.288 e. The lowest BCUT2D eigenvalue weighted by Crippen LogP contribution is -2.12. The molecule has 2 aromatic rings. The van der Waals surface area contributed by atoms with Crippen molar-refractivity contribution in [3.63, 3.8) is 0 Å². The Morgan fingerprint density at radius 2 is 2.16 bits per heavy atom. The quantitative estimate of drug-likeness (QED) is 0.672. The minimum Gasteiger partial charge on any atom is -0.309 e. The maximum absolute atomic E-state index is 10.8. The van der Waals surface area contributed by atoms with E-state index in [4.69, 9.17) is 11.6 Å². The number of nitro groups is 1. The lowest BCUT2D eigenvalue weighted by atomic mass is 10.2. The molecule has 100 valence electrons. The summed E-state index contributed by atoms with van der Waals surface area (Å²) in [5, 5.41) is 18.4. The standard InChI is InChI=1S/C13H13ClN2O2S/c1-9-7-19-8-11(9)6-15-5-10-2-3-12(14)13(4-10)16(17)18/h2-4,7-8,15H,5-6H2,1H3. The molecule has 0 aliphatic heterocycles. The second kappa shape index (κ2) is 6.14. The first-order valence-corrected chi connectivity index (χ1v) is 7.05. The average Bonchev–Trinajstić information content (AvgIpc) is 2.77. The number of hydrogen-bond donors (Lipinski definition) is 1. The van der Waals surface area contributed by atoms with Crippen LogP contribution in [0.2, 0.25) is 5.02 Å². The molecular formula is C13H13ClN2O2S. The van der Waals surface area contributed by atoms with Gasteiger partial charge in [0.15, 0.2) is 0 Å². The van der Waals surface area contributed by atoms with Crippen molar-refractivity contribution in [1.82, 2.24) is 5.32 Å². The normalized spacial score (nSPS) is 10.6. The van der Waals surface area contributed by atoms with Crippen molar-refractivity contribution in [3.8, 4) is 0 Å². The molecule has 0 aliphatic rings. The number of nitrogens with one attached hydrogen (secondary N) is 1. The SMILES string of the molecule is Cc1cscc1CNCc1ccc(Cl)c([N+](=O)[O-])c1. The van der Waals surface area contributed by atoms with Gasteiger partial charge in [-0.2, -0.15) is 11.3 Å². The van der Waals surface area contributed by atoms with Crippen molar-refractivity contribution in [1.29, 1.82) is 0 Å². The second-order valence-corrected chi connectivity index (χ2v) is 5.38. The van der Waals surface area contributed by atoms with E-state index in [2.05, 4.69) is 23.0 Å². The van der Waals surface area contributed by atoms with E-state index in [1.54, 1.807) is 23.5 Å². The zero-order valence-electron chi connectivity index (χ0n) is 10.4. The number of rotatable bonds is 5. The summed E-state index contributed by atoms with van der Waals surface area (Å²) in [5.74, 6) is 0. The third kappa shape index (κ3) is 3.53. The summed E-state index contributed by atoms with van der Waals surface area (Å²) >= 11 is 7.44. The Labute approximate surface area is 120 Å². The third-order valence-corrected chi connectivity index (χ3v) is 4.04. The van der Waals surface area contributed by atoms with Crippen LogP contribution >= 0.6 is 22.9 Å². The van der Waals surface area contributed by atoms with E-state index in [9.17, 15) is 10.1 Å². The van der Waals surface area contributed by atoms with Gasteiger partial charge in [-0.15, -0.1) is 0 Å². The van der Waals surface area contributed by atoms with E-state index in [0.717, 1.165) is 12.1 Å². The van der Waals surface area contributed by atoms with Crippen LogP contribution in [0.25, 0.3) is 0 Å². The van der Waals surface area contributed by atoms with Crippen LogP contribution in [-0.2, 0) is 13.1 Å². The molecule has 2 rings (SSSR count). The predicted molar refractivity (Wildman–Crippen MR) is 77.7 cm³/mol. The first kappa shape index (κ1) is 14.0. The Morgan fingerprint density at radius 3 is 2.79 bits per heavy atom. The zero-order chi connectivity index (χ0) is 13.8. The summed E-state index contributed by atoms with van der Waals surface area (Å²) in [6.45, 7) is 3.40. The van der Waals surface area contributed by atoms with Crippen LogP contribution in [0.15, 0.2) is 29.0 Å². The summed E-state index contributed by atoms with van der Waals surface area (Å²) in [5.41, 5.74) is 3.32. The molecule has 0 radical (unpaired) electrons. The molecule has 4 nitrogen and oxygen atoms in total. The minimum atomic E-state index is -0.463. The summed E-state index contributed by atoms with van der Waals surface area (Å²) in [6.07, 6.45) is 0. The first-order valence-electron chi connectivity index (χ1n) is 5.73. The highest BCUT2D eigenvalue weighted by molar-refractivity contribution is 7.08. The molecular weight excluding hydrogens is 284 g/mol. The summed E-state index contributed by atoms with van der Waals surface area (Å²) in [7, 11) is 0. The van der Waals surface area contributed by atoms with Crippen LogP contribution in [0, 0.1) is 17.0 Å². The maximum atomic E-state index is 10.8. The highest BCUT2D eigenvalue weighted by atomic mass is 35.5. The molecule has 1 aromatic carbocycles. The number of nitrogens with zero attached hydrogens (tertiary/aromatic N) is 1. The second-order valence-electron chi connectivity index (χ2n) is 4.23. The van der Waals surface area contributed by atoms with E-state index in [0.29, 0.717) is 6.54 Å². The van der Waals surface area contributed by atoms with Gasteiger partial charge in [-0.1, -0.05) is 17.7 Å². The van der Waals surface area contributed by atoms with E-state index in [1.807, 2.05) is 0 Å². The van der Waals surface area contributed by atoms with Gasteiger partial charge in [-0.05, 0) is 40.4 Å². The van der Waals surface area contributed by atoms with Crippen molar-refractivity contribution in [2.24, 2.45) is 0 Å². The molecule has 0 fully saturated rings. The summed E-state index contributed by atoms with van der Waals surface area (Å²) < 4.78 is 0. The largest absolute Gasteiger partial charge is 0.309 e. The van der Waals surface area contributed by atoms with Gasteiger partial charge in [0.2, 0.25) is 0 Å². The van der Waals surface area contributed by atoms with Crippen LogP contribution in [0.4, 0.5) is 5.69 Å². The van der Waals surface area contributed by atoms with Gasteiger partial charge >= 0.3 is 0 Å². The Morgan fingerprint density at radius 1 is 1.37 bits per heavy atom. The Balaban J connectivity index is 1.98. The minimum absolute atomic E-state index is 0.0484. The lowest BCUT2D eigenvalue weighted by Gasteiger charge is -2.05. The van der Waals surface area contributed by atoms with E-state index in [1.165, 1.54) is 17.2 Å². The fraction of sp³-hybridized carbons (Fsp3) is 0.231. The maximum Gasteiger partial charge on any atom is 0.288 e. The van der Waals surface area contributed by atoms with Crippen LogP contribution < -0.4 is 5.32 Å². The number of benzene rings is 1. The van der Waals surface area contributed by atoms with Crippen molar-refractivity contribution >= 4 is 28.6 Å². The molecule has 1 heterocycles. The molecule has 0 unspecified atom stereocenters. The molecule has 1 N–H and O–H groups in total. The number of thiophene rings is 1. The van der Waals surface area contributed by atoms with Gasteiger partial charge in [-0.3, -0.25) is 10.1 Å². The average molecular weight is 297 g/mol. The Hall–Kier alpha value is -1.43. The lowest BCUT2D eigenvalue weighted by molar-refractivity contribution is -0.384. The molecule has 19 heavy (non-hydrogen) atoms. The fourth-order valence-corrected chi connectivity index (χ4v) is 2.76. The first-order chi connectivity index (χ1) is 9.08. The highest BCUT2D eigenvalue weighted by Crippen LogP contribution is 2.25. The summed E-state index contributed by atoms with van der Waals surface area (Å²) in [4.78, 5) is 10.3. The van der Waals surface area contributed by atoms with E-state index >= 15 is 0 Å². The number of aryl methyl sites for hydroxylation is 1. The van der Waals surface area contributed by atoms with Gasteiger partial charge in [0, 0.05) is 19.2 Å². The number of hydrogen-bond acceptors (Lipinski definition) is 4. The van der Waals surface area contributed by atoms with Crippen molar-refractivity contribution in [2.45, 2.75) is 20.0 Å². The van der Waals surface area contributed by atoms with Crippen LogP contribution in [0.5, 0.6) is 0 Å². The fourth-order valence-electron chi connectivity index (χ4n) is 1.72. The number of halogens is 1. The topological polar surface area (TPSA) is 55.2 Å². The van der Waals surface area contributed by atoms with E-state index in [-0.39, 0.29) is 10.7 Å². The van der Waals surface area contributed by atoms with Gasteiger partial charge in [0.25, 0.3) is 5.69 Å². The molecule has 1 aromatic heterocycles. The molecule has 0 atom stereocenters. The van der Waals surface area contributed by atoms with Crippen LogP contribution in [0.3, 0.4) is 0 Å². The zero-order valence-corrected chi connectivity index (χ0v) is 11.9. The molecule has 0 aliphatic carbocycles. The van der Waals surface area contributed by atoms with E-state index < -0.39 is 4.92 Å². The Kier molecular flexibility index (Phi) is 4.52. The third-order valence-electron chi connectivity index (χ3n) is 2.81. The van der Waals surface area contributed by atoms with Gasteiger partial charge in [0.05, 0.1) is 4.92 Å². The monoisotopic (exact) mass is 296 g/mol. The molecule has 0 amide bonds. The Bertz CT molecular complexity index is 598. The summed E-state index contributed by atoms with van der Waals surface area (Å²) in [6, 6.07) is 4.87. The van der Waals surface area contributed by atoms with Gasteiger partial charge < -0.3 is 5.32 Å². The van der Waals surface area contributed by atoms with Crippen LogP contribution in [-0.4, -0.2) is 4.92 Å². The van der Waals surface area contributed by atoms with Crippen molar-refractivity contribution < 1.29 is 4.92 Å². The molecule has 0 saturated heterocycles. The molecule has 0 bridgehead atoms. The van der Waals surface area contributed by atoms with Crippen molar-refractivity contribution in [3.05, 3.63) is 60.8 Å². The van der Waals surface area contributed by atoms with Crippen molar-refractivity contribution in [2.75, 3.05) is 0 Å². The highest BCUT2D eigenvalue weighted by Gasteiger charge is 2.12. The molecule has 0 spiro atoms.